The first kappa shape index (κ1) is 26.8. The van der Waals surface area contributed by atoms with E-state index in [0.29, 0.717) is 22.5 Å². The van der Waals surface area contributed by atoms with Gasteiger partial charge in [0.15, 0.2) is 11.6 Å². The predicted octanol–water partition coefficient (Wildman–Crippen LogP) is 4.90. The molecule has 5 rings (SSSR count). The molecule has 0 bridgehead atoms. The fourth-order valence-corrected chi connectivity index (χ4v) is 4.79. The number of hydrogen-bond acceptors (Lipinski definition) is 4. The second kappa shape index (κ2) is 11.5. The van der Waals surface area contributed by atoms with E-state index < -0.39 is 53.9 Å². The SMILES string of the molecule is O=C(N[C@H]1N=C(c2ccccc2)c2ccccc2NC1=O)C(c1ccc(F)cc1)[C@@H](CO)c1ccc(F)c(F)c1. The molecule has 3 atom stereocenters. The number of amides is 2. The summed E-state index contributed by atoms with van der Waals surface area (Å²) in [5.41, 5.74) is 2.80. The van der Waals surface area contributed by atoms with Crippen LogP contribution in [0.4, 0.5) is 18.9 Å². The van der Waals surface area contributed by atoms with Crippen LogP contribution in [0.3, 0.4) is 0 Å². The maximum absolute atomic E-state index is 14.1. The zero-order valence-electron chi connectivity index (χ0n) is 21.0. The number of para-hydroxylation sites is 1. The fourth-order valence-electron chi connectivity index (χ4n) is 4.79. The Balaban J connectivity index is 1.55. The van der Waals surface area contributed by atoms with Crippen LogP contribution in [0, 0.1) is 17.5 Å². The second-order valence-electron chi connectivity index (χ2n) is 9.28. The summed E-state index contributed by atoms with van der Waals surface area (Å²) in [4.78, 5) is 31.7. The predicted molar refractivity (Wildman–Crippen MR) is 144 cm³/mol. The Morgan fingerprint density at radius 2 is 1.55 bits per heavy atom. The maximum Gasteiger partial charge on any atom is 0.269 e. The summed E-state index contributed by atoms with van der Waals surface area (Å²) in [7, 11) is 0. The molecule has 4 aromatic carbocycles. The molecule has 40 heavy (non-hydrogen) atoms. The molecule has 0 spiro atoms. The molecule has 4 aromatic rings. The molecule has 0 aliphatic carbocycles. The minimum atomic E-state index is -1.37. The number of fused-ring (bicyclic) bond motifs is 1. The van der Waals surface area contributed by atoms with Gasteiger partial charge in [0.05, 0.1) is 23.9 Å². The van der Waals surface area contributed by atoms with Crippen LogP contribution >= 0.6 is 0 Å². The first-order valence-electron chi connectivity index (χ1n) is 12.5. The number of benzene rings is 4. The average Bonchev–Trinajstić information content (AvgIpc) is 3.10. The summed E-state index contributed by atoms with van der Waals surface area (Å²) in [6.07, 6.45) is -1.37. The Morgan fingerprint density at radius 3 is 2.25 bits per heavy atom. The number of anilines is 1. The second-order valence-corrected chi connectivity index (χ2v) is 9.28. The van der Waals surface area contributed by atoms with Gasteiger partial charge in [-0.1, -0.05) is 66.7 Å². The van der Waals surface area contributed by atoms with Crippen LogP contribution in [0.15, 0.2) is 102 Å². The van der Waals surface area contributed by atoms with Crippen molar-refractivity contribution in [1.82, 2.24) is 5.32 Å². The topological polar surface area (TPSA) is 90.8 Å². The third kappa shape index (κ3) is 5.50. The van der Waals surface area contributed by atoms with Crippen LogP contribution in [0.5, 0.6) is 0 Å². The molecular weight excluding hydrogens is 519 g/mol. The van der Waals surface area contributed by atoms with Gasteiger partial charge in [0, 0.05) is 17.0 Å². The van der Waals surface area contributed by atoms with Crippen LogP contribution < -0.4 is 10.6 Å². The number of aliphatic hydroxyl groups excluding tert-OH is 1. The highest BCUT2D eigenvalue weighted by Crippen LogP contribution is 2.34. The molecule has 1 aliphatic rings. The third-order valence-corrected chi connectivity index (χ3v) is 6.76. The van der Waals surface area contributed by atoms with E-state index in [1.807, 2.05) is 30.3 Å². The Kier molecular flexibility index (Phi) is 7.75. The van der Waals surface area contributed by atoms with Crippen molar-refractivity contribution in [3.8, 4) is 0 Å². The van der Waals surface area contributed by atoms with Gasteiger partial charge in [-0.15, -0.1) is 0 Å². The van der Waals surface area contributed by atoms with Crippen molar-refractivity contribution in [3.05, 3.63) is 137 Å². The Morgan fingerprint density at radius 1 is 0.875 bits per heavy atom. The molecule has 0 radical (unpaired) electrons. The van der Waals surface area contributed by atoms with Gasteiger partial charge in [-0.25, -0.2) is 18.2 Å². The van der Waals surface area contributed by atoms with Gasteiger partial charge in [-0.05, 0) is 41.5 Å². The summed E-state index contributed by atoms with van der Waals surface area (Å²) in [5.74, 6) is -6.36. The summed E-state index contributed by atoms with van der Waals surface area (Å²) < 4.78 is 41.5. The molecule has 1 unspecified atom stereocenters. The first-order chi connectivity index (χ1) is 19.4. The standard InChI is InChI=1S/C31H24F3N3O3/c32-21-13-10-18(11-14-21)27(23(17-38)20-12-15-24(33)25(34)16-20)30(39)37-29-31(40)35-26-9-5-4-8-22(26)28(36-29)19-6-2-1-3-7-19/h1-16,23,27,29,38H,17H2,(H,35,40)(H,37,39)/t23-,27?,29+/m0/s1. The fraction of sp³-hybridized carbons (Fsp3) is 0.129. The van der Waals surface area contributed by atoms with Crippen molar-refractivity contribution in [3.63, 3.8) is 0 Å². The number of rotatable bonds is 7. The molecule has 202 valence electrons. The lowest BCUT2D eigenvalue weighted by Crippen LogP contribution is -2.45. The zero-order valence-corrected chi connectivity index (χ0v) is 21.0. The molecule has 6 nitrogen and oxygen atoms in total. The highest BCUT2D eigenvalue weighted by molar-refractivity contribution is 6.19. The number of carbonyl (C=O) groups excluding carboxylic acids is 2. The lowest BCUT2D eigenvalue weighted by molar-refractivity contribution is -0.127. The van der Waals surface area contributed by atoms with E-state index >= 15 is 0 Å². The van der Waals surface area contributed by atoms with Gasteiger partial charge in [-0.2, -0.15) is 0 Å². The highest BCUT2D eigenvalue weighted by Gasteiger charge is 2.35. The van der Waals surface area contributed by atoms with Crippen molar-refractivity contribution in [2.24, 2.45) is 4.99 Å². The van der Waals surface area contributed by atoms with E-state index in [-0.39, 0.29) is 5.56 Å². The molecule has 0 saturated heterocycles. The quantitative estimate of drug-likeness (QED) is 0.310. The molecule has 0 saturated carbocycles. The number of carbonyl (C=O) groups is 2. The monoisotopic (exact) mass is 543 g/mol. The molecular formula is C31H24F3N3O3. The van der Waals surface area contributed by atoms with Crippen molar-refractivity contribution < 1.29 is 27.9 Å². The van der Waals surface area contributed by atoms with Gasteiger partial charge in [0.25, 0.3) is 5.91 Å². The van der Waals surface area contributed by atoms with Gasteiger partial charge >= 0.3 is 0 Å². The molecule has 9 heteroatoms. The summed E-state index contributed by atoms with van der Waals surface area (Å²) in [6.45, 7) is -0.624. The zero-order chi connectivity index (χ0) is 28.2. The lowest BCUT2D eigenvalue weighted by Gasteiger charge is -2.27. The van der Waals surface area contributed by atoms with E-state index in [1.54, 1.807) is 24.3 Å². The highest BCUT2D eigenvalue weighted by atomic mass is 19.2. The molecule has 3 N–H and O–H groups in total. The van der Waals surface area contributed by atoms with Crippen molar-refractivity contribution in [1.29, 1.82) is 0 Å². The largest absolute Gasteiger partial charge is 0.396 e. The summed E-state index contributed by atoms with van der Waals surface area (Å²) in [6, 6.07) is 24.4. The van der Waals surface area contributed by atoms with Crippen LogP contribution in [-0.2, 0) is 9.59 Å². The minimum absolute atomic E-state index is 0.150. The smallest absolute Gasteiger partial charge is 0.269 e. The van der Waals surface area contributed by atoms with Gasteiger partial charge in [-0.3, -0.25) is 9.59 Å². The number of nitrogens with zero attached hydrogens (tertiary/aromatic N) is 1. The lowest BCUT2D eigenvalue weighted by atomic mass is 9.81. The van der Waals surface area contributed by atoms with Gasteiger partial charge < -0.3 is 15.7 Å². The van der Waals surface area contributed by atoms with Crippen LogP contribution in [0.1, 0.15) is 34.1 Å². The number of benzodiazepines with no additional fused rings is 1. The molecule has 0 aromatic heterocycles. The molecule has 1 heterocycles. The van der Waals surface area contributed by atoms with Crippen LogP contribution in [0.2, 0.25) is 0 Å². The number of nitrogens with one attached hydrogen (secondary N) is 2. The number of aliphatic hydroxyl groups is 1. The molecule has 1 aliphatic heterocycles. The van der Waals surface area contributed by atoms with E-state index in [2.05, 4.69) is 15.6 Å². The molecule has 0 fully saturated rings. The number of aliphatic imine (C=N–C) groups is 1. The van der Waals surface area contributed by atoms with Crippen molar-refractivity contribution in [2.75, 3.05) is 11.9 Å². The Hall–Kier alpha value is -4.76. The van der Waals surface area contributed by atoms with Crippen molar-refractivity contribution >= 4 is 23.2 Å². The third-order valence-electron chi connectivity index (χ3n) is 6.76. The van der Waals surface area contributed by atoms with Crippen LogP contribution in [0.25, 0.3) is 0 Å². The number of halogens is 3. The van der Waals surface area contributed by atoms with E-state index in [0.717, 1.165) is 29.8 Å². The number of hydrogen-bond donors (Lipinski definition) is 3. The maximum atomic E-state index is 14.1. The summed E-state index contributed by atoms with van der Waals surface area (Å²) in [5, 5.41) is 15.8. The summed E-state index contributed by atoms with van der Waals surface area (Å²) >= 11 is 0. The minimum Gasteiger partial charge on any atom is -0.396 e. The van der Waals surface area contributed by atoms with Crippen molar-refractivity contribution in [2.45, 2.75) is 18.0 Å². The van der Waals surface area contributed by atoms with Crippen LogP contribution in [-0.4, -0.2) is 35.4 Å². The average molecular weight is 544 g/mol. The van der Waals surface area contributed by atoms with E-state index in [4.69, 9.17) is 0 Å². The van der Waals surface area contributed by atoms with E-state index in [1.165, 1.54) is 18.2 Å². The van der Waals surface area contributed by atoms with E-state index in [9.17, 15) is 27.9 Å². The van der Waals surface area contributed by atoms with Gasteiger partial charge in [0.1, 0.15) is 5.82 Å². The molecule has 2 amide bonds. The normalized spacial score (nSPS) is 16.1. The Labute approximate surface area is 228 Å². The van der Waals surface area contributed by atoms with Gasteiger partial charge in [0.2, 0.25) is 12.1 Å². The first-order valence-corrected chi connectivity index (χ1v) is 12.5. The Bertz CT molecular complexity index is 1580.